The van der Waals surface area contributed by atoms with Gasteiger partial charge < -0.3 is 14.8 Å². The Balaban J connectivity index is 1.71. The molecule has 1 aliphatic rings. The van der Waals surface area contributed by atoms with E-state index in [1.54, 1.807) is 49.6 Å². The smallest absolute Gasteiger partial charge is 0.307 e. The molecule has 0 bridgehead atoms. The van der Waals surface area contributed by atoms with Gasteiger partial charge in [-0.1, -0.05) is 30.3 Å². The van der Waals surface area contributed by atoms with Crippen LogP contribution >= 0.6 is 0 Å². The third kappa shape index (κ3) is 4.45. The number of nitrogens with one attached hydrogen (secondary N) is 1. The SMILES string of the molecule is COC(=O)CC(NC(=O)C1CC1c1ccccc1F)c1ccc(OC)cc1. The van der Waals surface area contributed by atoms with Crippen LogP contribution in [0.1, 0.15) is 35.9 Å². The number of amides is 1. The van der Waals surface area contributed by atoms with Crippen molar-refractivity contribution in [2.24, 2.45) is 5.92 Å². The average Bonchev–Trinajstić information content (AvgIpc) is 3.48. The van der Waals surface area contributed by atoms with Gasteiger partial charge in [0.15, 0.2) is 0 Å². The lowest BCUT2D eigenvalue weighted by Gasteiger charge is -2.19. The first-order chi connectivity index (χ1) is 13.0. The molecule has 3 unspecified atom stereocenters. The third-order valence-electron chi connectivity index (χ3n) is 4.87. The summed E-state index contributed by atoms with van der Waals surface area (Å²) in [6.07, 6.45) is 0.617. The van der Waals surface area contributed by atoms with Crippen LogP contribution in [0.25, 0.3) is 0 Å². The molecule has 0 spiro atoms. The average molecular weight is 371 g/mol. The molecule has 5 nitrogen and oxygen atoms in total. The Morgan fingerprint density at radius 1 is 1.15 bits per heavy atom. The minimum absolute atomic E-state index is 0.0195. The molecule has 0 aromatic heterocycles. The van der Waals surface area contributed by atoms with Crippen molar-refractivity contribution in [3.63, 3.8) is 0 Å². The molecule has 1 N–H and O–H groups in total. The summed E-state index contributed by atoms with van der Waals surface area (Å²) in [4.78, 5) is 24.4. The first kappa shape index (κ1) is 18.9. The van der Waals surface area contributed by atoms with Gasteiger partial charge in [0.2, 0.25) is 5.91 Å². The summed E-state index contributed by atoms with van der Waals surface area (Å²) in [6.45, 7) is 0. The maximum absolute atomic E-state index is 13.9. The molecule has 1 fully saturated rings. The first-order valence-electron chi connectivity index (χ1n) is 8.79. The van der Waals surface area contributed by atoms with Gasteiger partial charge in [0.05, 0.1) is 26.7 Å². The lowest BCUT2D eigenvalue weighted by Crippen LogP contribution is -2.32. The molecule has 2 aromatic carbocycles. The molecule has 0 aliphatic heterocycles. The molecule has 27 heavy (non-hydrogen) atoms. The molecular weight excluding hydrogens is 349 g/mol. The van der Waals surface area contributed by atoms with Crippen molar-refractivity contribution in [1.82, 2.24) is 5.32 Å². The van der Waals surface area contributed by atoms with E-state index in [0.29, 0.717) is 17.7 Å². The first-order valence-corrected chi connectivity index (χ1v) is 8.79. The Bertz CT molecular complexity index is 821. The van der Waals surface area contributed by atoms with Crippen molar-refractivity contribution < 1.29 is 23.5 Å². The summed E-state index contributed by atoms with van der Waals surface area (Å²) in [7, 11) is 2.88. The number of halogens is 1. The zero-order valence-corrected chi connectivity index (χ0v) is 15.3. The van der Waals surface area contributed by atoms with Gasteiger partial charge in [0.1, 0.15) is 11.6 Å². The lowest BCUT2D eigenvalue weighted by molar-refractivity contribution is -0.141. The van der Waals surface area contributed by atoms with E-state index in [1.807, 2.05) is 0 Å². The van der Waals surface area contributed by atoms with Crippen molar-refractivity contribution in [3.05, 3.63) is 65.5 Å². The Hall–Kier alpha value is -2.89. The number of hydrogen-bond acceptors (Lipinski definition) is 4. The van der Waals surface area contributed by atoms with E-state index in [2.05, 4.69) is 5.32 Å². The molecule has 0 heterocycles. The summed E-state index contributed by atoms with van der Waals surface area (Å²) >= 11 is 0. The molecule has 0 saturated heterocycles. The molecule has 0 radical (unpaired) electrons. The molecule has 3 atom stereocenters. The zero-order chi connectivity index (χ0) is 19.4. The van der Waals surface area contributed by atoms with Crippen molar-refractivity contribution in [2.45, 2.75) is 24.8 Å². The number of carbonyl (C=O) groups is 2. The van der Waals surface area contributed by atoms with Crippen molar-refractivity contribution in [3.8, 4) is 5.75 Å². The number of esters is 1. The standard InChI is InChI=1S/C21H22FNO4/c1-26-14-9-7-13(8-10-14)19(12-20(24)27-2)23-21(25)17-11-16(17)15-5-3-4-6-18(15)22/h3-10,16-17,19H,11-12H2,1-2H3,(H,23,25). The van der Waals surface area contributed by atoms with Gasteiger partial charge in [-0.3, -0.25) is 9.59 Å². The molecule has 6 heteroatoms. The predicted octanol–water partition coefficient (Wildman–Crippen LogP) is 3.36. The zero-order valence-electron chi connectivity index (χ0n) is 15.3. The Labute approximate surface area is 157 Å². The van der Waals surface area contributed by atoms with Crippen molar-refractivity contribution in [2.75, 3.05) is 14.2 Å². The summed E-state index contributed by atoms with van der Waals surface area (Å²) in [5, 5.41) is 2.91. The quantitative estimate of drug-likeness (QED) is 0.758. The monoisotopic (exact) mass is 371 g/mol. The molecule has 2 aromatic rings. The maximum Gasteiger partial charge on any atom is 0.307 e. The highest BCUT2D eigenvalue weighted by atomic mass is 19.1. The van der Waals surface area contributed by atoms with E-state index in [-0.39, 0.29) is 30.0 Å². The number of hydrogen-bond donors (Lipinski definition) is 1. The second kappa shape index (κ2) is 8.20. The van der Waals surface area contributed by atoms with E-state index < -0.39 is 12.0 Å². The van der Waals surface area contributed by atoms with Gasteiger partial charge >= 0.3 is 5.97 Å². The fourth-order valence-electron chi connectivity index (χ4n) is 3.22. The van der Waals surface area contributed by atoms with E-state index >= 15 is 0 Å². The van der Waals surface area contributed by atoms with Crippen LogP contribution in [-0.2, 0) is 14.3 Å². The third-order valence-corrected chi connectivity index (χ3v) is 4.87. The van der Waals surface area contributed by atoms with Gasteiger partial charge in [-0.05, 0) is 41.7 Å². The number of methoxy groups -OCH3 is 2. The lowest BCUT2D eigenvalue weighted by atomic mass is 10.0. The Morgan fingerprint density at radius 2 is 1.85 bits per heavy atom. The van der Waals surface area contributed by atoms with Crippen LogP contribution in [-0.4, -0.2) is 26.1 Å². The summed E-state index contributed by atoms with van der Waals surface area (Å²) < 4.78 is 23.8. The number of ether oxygens (including phenoxy) is 2. The Morgan fingerprint density at radius 3 is 2.48 bits per heavy atom. The molecule has 142 valence electrons. The predicted molar refractivity (Wildman–Crippen MR) is 97.8 cm³/mol. The van der Waals surface area contributed by atoms with Gasteiger partial charge in [0.25, 0.3) is 0 Å². The van der Waals surface area contributed by atoms with Gasteiger partial charge in [-0.25, -0.2) is 4.39 Å². The Kier molecular flexibility index (Phi) is 5.74. The van der Waals surface area contributed by atoms with Crippen LogP contribution in [0.5, 0.6) is 5.75 Å². The fraction of sp³-hybridized carbons (Fsp3) is 0.333. The molecule has 1 amide bonds. The number of carbonyl (C=O) groups excluding carboxylic acids is 2. The second-order valence-electron chi connectivity index (χ2n) is 6.58. The molecular formula is C21H22FNO4. The molecule has 3 rings (SSSR count). The topological polar surface area (TPSA) is 64.6 Å². The van der Waals surface area contributed by atoms with Crippen LogP contribution in [0.4, 0.5) is 4.39 Å². The minimum atomic E-state index is -0.516. The fourth-order valence-corrected chi connectivity index (χ4v) is 3.22. The normalized spacial score (nSPS) is 19.1. The second-order valence-corrected chi connectivity index (χ2v) is 6.58. The maximum atomic E-state index is 13.9. The van der Waals surface area contributed by atoms with Gasteiger partial charge in [-0.15, -0.1) is 0 Å². The van der Waals surface area contributed by atoms with Gasteiger partial charge in [-0.2, -0.15) is 0 Å². The van der Waals surface area contributed by atoms with Crippen molar-refractivity contribution in [1.29, 1.82) is 0 Å². The highest BCUT2D eigenvalue weighted by molar-refractivity contribution is 5.84. The van der Waals surface area contributed by atoms with Crippen LogP contribution in [0.15, 0.2) is 48.5 Å². The van der Waals surface area contributed by atoms with E-state index in [9.17, 15) is 14.0 Å². The number of rotatable bonds is 7. The summed E-state index contributed by atoms with van der Waals surface area (Å²) in [5.74, 6) is -0.630. The molecule has 1 aliphatic carbocycles. The van der Waals surface area contributed by atoms with Crippen LogP contribution < -0.4 is 10.1 Å². The van der Waals surface area contributed by atoms with Crippen LogP contribution in [0.3, 0.4) is 0 Å². The highest BCUT2D eigenvalue weighted by Crippen LogP contribution is 2.48. The summed E-state index contributed by atoms with van der Waals surface area (Å²) in [6, 6.07) is 13.1. The van der Waals surface area contributed by atoms with E-state index in [1.165, 1.54) is 13.2 Å². The van der Waals surface area contributed by atoms with E-state index in [0.717, 1.165) is 5.56 Å². The largest absolute Gasteiger partial charge is 0.497 e. The molecule has 1 saturated carbocycles. The van der Waals surface area contributed by atoms with E-state index in [4.69, 9.17) is 9.47 Å². The minimum Gasteiger partial charge on any atom is -0.497 e. The number of benzene rings is 2. The van der Waals surface area contributed by atoms with Crippen LogP contribution in [0.2, 0.25) is 0 Å². The van der Waals surface area contributed by atoms with Crippen LogP contribution in [0, 0.1) is 11.7 Å². The van der Waals surface area contributed by atoms with Gasteiger partial charge in [0, 0.05) is 5.92 Å². The summed E-state index contributed by atoms with van der Waals surface area (Å²) in [5.41, 5.74) is 1.34. The van der Waals surface area contributed by atoms with Crippen molar-refractivity contribution >= 4 is 11.9 Å². The highest BCUT2D eigenvalue weighted by Gasteiger charge is 2.45.